The second-order valence-electron chi connectivity index (χ2n) is 7.98. The van der Waals surface area contributed by atoms with E-state index in [1.54, 1.807) is 13.1 Å². The van der Waals surface area contributed by atoms with Crippen molar-refractivity contribution < 1.29 is 14.7 Å². The van der Waals surface area contributed by atoms with Crippen molar-refractivity contribution in [2.75, 3.05) is 11.9 Å². The maximum atomic E-state index is 12.9. The van der Waals surface area contributed by atoms with E-state index in [4.69, 9.17) is 0 Å². The average molecular weight is 329 g/mol. The van der Waals surface area contributed by atoms with Crippen molar-refractivity contribution in [1.82, 2.24) is 0 Å². The molecule has 1 aliphatic carbocycles. The van der Waals surface area contributed by atoms with E-state index < -0.39 is 11.5 Å². The Labute approximate surface area is 143 Å². The fourth-order valence-electron chi connectivity index (χ4n) is 4.33. The normalized spacial score (nSPS) is 30.6. The number of hydrogen-bond acceptors (Lipinski definition) is 3. The van der Waals surface area contributed by atoms with Gasteiger partial charge in [-0.2, -0.15) is 0 Å². The summed E-state index contributed by atoms with van der Waals surface area (Å²) in [5.74, 6) is -0.683. The molecule has 1 aromatic rings. The monoisotopic (exact) mass is 329 g/mol. The van der Waals surface area contributed by atoms with Gasteiger partial charge in [0.15, 0.2) is 5.60 Å². The Hall–Kier alpha value is -1.68. The summed E-state index contributed by atoms with van der Waals surface area (Å²) in [6.07, 6.45) is 2.88. The molecule has 130 valence electrons. The van der Waals surface area contributed by atoms with Crippen LogP contribution >= 0.6 is 0 Å². The minimum Gasteiger partial charge on any atom is -0.375 e. The predicted octanol–water partition coefficient (Wildman–Crippen LogP) is 3.27. The Balaban J connectivity index is 2.03. The van der Waals surface area contributed by atoms with E-state index >= 15 is 0 Å². The van der Waals surface area contributed by atoms with Crippen LogP contribution in [0.2, 0.25) is 0 Å². The van der Waals surface area contributed by atoms with Crippen molar-refractivity contribution in [3.63, 3.8) is 0 Å². The van der Waals surface area contributed by atoms with Gasteiger partial charge in [-0.3, -0.25) is 9.59 Å². The molecule has 0 bridgehead atoms. The minimum absolute atomic E-state index is 0.0131. The highest BCUT2D eigenvalue weighted by Gasteiger charge is 2.57. The second-order valence-corrected chi connectivity index (χ2v) is 7.98. The van der Waals surface area contributed by atoms with Crippen molar-refractivity contribution in [3.8, 4) is 0 Å². The summed E-state index contributed by atoms with van der Waals surface area (Å²) in [6.45, 7) is 6.58. The Morgan fingerprint density at radius 2 is 1.96 bits per heavy atom. The van der Waals surface area contributed by atoms with E-state index in [1.807, 2.05) is 18.2 Å². The molecule has 24 heavy (non-hydrogen) atoms. The first kappa shape index (κ1) is 17.2. The number of carbonyl (C=O) groups excluding carboxylic acids is 2. The number of nitrogens with zero attached hydrogens (tertiary/aromatic N) is 1. The maximum Gasteiger partial charge on any atom is 0.264 e. The number of carbonyl (C=O) groups is 2. The lowest BCUT2D eigenvalue weighted by molar-refractivity contribution is -0.154. The van der Waals surface area contributed by atoms with E-state index in [1.165, 1.54) is 4.90 Å². The molecule has 1 heterocycles. The number of Topliss-reactive ketones (excluding diaryl/α,β-unsaturated/α-hetero) is 1. The van der Waals surface area contributed by atoms with Gasteiger partial charge in [0.25, 0.3) is 5.91 Å². The zero-order chi connectivity index (χ0) is 17.7. The Kier molecular flexibility index (Phi) is 4.07. The quantitative estimate of drug-likeness (QED) is 0.926. The van der Waals surface area contributed by atoms with Crippen LogP contribution in [0.5, 0.6) is 0 Å². The Morgan fingerprint density at radius 3 is 2.62 bits per heavy atom. The molecule has 0 aromatic heterocycles. The van der Waals surface area contributed by atoms with Gasteiger partial charge in [-0.1, -0.05) is 45.4 Å². The molecule has 4 nitrogen and oxygen atoms in total. The van der Waals surface area contributed by atoms with Gasteiger partial charge in [-0.15, -0.1) is 0 Å². The van der Waals surface area contributed by atoms with Crippen LogP contribution in [0.1, 0.15) is 52.0 Å². The van der Waals surface area contributed by atoms with Crippen molar-refractivity contribution in [3.05, 3.63) is 29.8 Å². The molecule has 3 rings (SSSR count). The van der Waals surface area contributed by atoms with Crippen LogP contribution in [0.3, 0.4) is 0 Å². The van der Waals surface area contributed by atoms with Crippen molar-refractivity contribution in [2.45, 2.75) is 52.1 Å². The van der Waals surface area contributed by atoms with Crippen molar-refractivity contribution >= 4 is 17.4 Å². The number of para-hydroxylation sites is 1. The van der Waals surface area contributed by atoms with Crippen molar-refractivity contribution in [1.29, 1.82) is 0 Å². The molecular formula is C20H27NO3. The number of ketones is 1. The lowest BCUT2D eigenvalue weighted by Crippen LogP contribution is -2.50. The summed E-state index contributed by atoms with van der Waals surface area (Å²) >= 11 is 0. The number of aliphatic hydroxyl groups is 1. The summed E-state index contributed by atoms with van der Waals surface area (Å²) < 4.78 is 0. The molecule has 0 radical (unpaired) electrons. The fourth-order valence-corrected chi connectivity index (χ4v) is 4.33. The SMILES string of the molecule is CCC(C)(C)[C@H]1CCC(=O)[C@H]([C@@]2(O)C(=O)N(C)c3ccccc32)C1. The zero-order valence-corrected chi connectivity index (χ0v) is 15.0. The molecule has 1 aromatic carbocycles. The van der Waals surface area contributed by atoms with Crippen LogP contribution < -0.4 is 4.90 Å². The van der Waals surface area contributed by atoms with E-state index in [0.717, 1.165) is 12.8 Å². The minimum atomic E-state index is -1.72. The molecule has 0 unspecified atom stereocenters. The highest BCUT2D eigenvalue weighted by molar-refractivity contribution is 6.09. The fraction of sp³-hybridized carbons (Fsp3) is 0.600. The van der Waals surface area contributed by atoms with Crippen LogP contribution in [0.4, 0.5) is 5.69 Å². The second kappa shape index (κ2) is 5.69. The number of anilines is 1. The maximum absolute atomic E-state index is 12.9. The number of amides is 1. The van der Waals surface area contributed by atoms with E-state index in [2.05, 4.69) is 20.8 Å². The molecule has 1 aliphatic heterocycles. The average Bonchev–Trinajstić information content (AvgIpc) is 2.78. The van der Waals surface area contributed by atoms with Gasteiger partial charge < -0.3 is 10.0 Å². The molecule has 0 spiro atoms. The molecule has 1 saturated carbocycles. The Bertz CT molecular complexity index is 681. The van der Waals surface area contributed by atoms with Gasteiger partial charge in [0, 0.05) is 19.0 Å². The van der Waals surface area contributed by atoms with Gasteiger partial charge in [-0.25, -0.2) is 0 Å². The first-order chi connectivity index (χ1) is 11.2. The highest BCUT2D eigenvalue weighted by Crippen LogP contribution is 2.51. The first-order valence-corrected chi connectivity index (χ1v) is 8.86. The number of benzene rings is 1. The third-order valence-corrected chi connectivity index (χ3v) is 6.48. The standard InChI is InChI=1S/C20H27NO3/c1-5-19(2,3)13-10-11-17(22)15(12-13)20(24)14-8-6-7-9-16(14)21(4)18(20)23/h6-9,13,15,24H,5,10-12H2,1-4H3/t13-,15+,20+/m0/s1. The van der Waals surface area contributed by atoms with Crippen LogP contribution in [0.25, 0.3) is 0 Å². The molecule has 1 amide bonds. The summed E-state index contributed by atoms with van der Waals surface area (Å²) in [4.78, 5) is 27.0. The highest BCUT2D eigenvalue weighted by atomic mass is 16.3. The lowest BCUT2D eigenvalue weighted by atomic mass is 9.62. The lowest BCUT2D eigenvalue weighted by Gasteiger charge is -2.42. The molecule has 1 N–H and O–H groups in total. The zero-order valence-electron chi connectivity index (χ0n) is 15.0. The third kappa shape index (κ3) is 2.31. The number of hydrogen-bond donors (Lipinski definition) is 1. The first-order valence-electron chi connectivity index (χ1n) is 8.86. The summed E-state index contributed by atoms with van der Waals surface area (Å²) in [7, 11) is 1.67. The summed E-state index contributed by atoms with van der Waals surface area (Å²) in [5, 5.41) is 11.4. The van der Waals surface area contributed by atoms with Crippen molar-refractivity contribution in [2.24, 2.45) is 17.3 Å². The van der Waals surface area contributed by atoms with Crippen LogP contribution in [0, 0.1) is 17.3 Å². The molecule has 4 heteroatoms. The van der Waals surface area contributed by atoms with Crippen LogP contribution in [0.15, 0.2) is 24.3 Å². The smallest absolute Gasteiger partial charge is 0.264 e. The molecule has 1 fully saturated rings. The Morgan fingerprint density at radius 1 is 1.29 bits per heavy atom. The van der Waals surface area contributed by atoms with E-state index in [0.29, 0.717) is 30.0 Å². The summed E-state index contributed by atoms with van der Waals surface area (Å²) in [6, 6.07) is 7.27. The number of fused-ring (bicyclic) bond motifs is 1. The van der Waals surface area contributed by atoms with Gasteiger partial charge in [-0.05, 0) is 30.2 Å². The van der Waals surface area contributed by atoms with Gasteiger partial charge >= 0.3 is 0 Å². The van der Waals surface area contributed by atoms with E-state index in [-0.39, 0.29) is 17.1 Å². The topological polar surface area (TPSA) is 57.6 Å². The van der Waals surface area contributed by atoms with E-state index in [9.17, 15) is 14.7 Å². The number of likely N-dealkylation sites (N-methyl/N-ethyl adjacent to an activating group) is 1. The predicted molar refractivity (Wildman–Crippen MR) is 93.7 cm³/mol. The van der Waals surface area contributed by atoms with Crippen LogP contribution in [-0.4, -0.2) is 23.8 Å². The summed E-state index contributed by atoms with van der Waals surface area (Å²) in [5.41, 5.74) is -0.340. The molecule has 3 atom stereocenters. The molecule has 2 aliphatic rings. The van der Waals surface area contributed by atoms with Gasteiger partial charge in [0.2, 0.25) is 0 Å². The molecule has 0 saturated heterocycles. The largest absolute Gasteiger partial charge is 0.375 e. The molecular weight excluding hydrogens is 302 g/mol. The van der Waals surface area contributed by atoms with Crippen LogP contribution in [-0.2, 0) is 15.2 Å². The van der Waals surface area contributed by atoms with Gasteiger partial charge in [0.1, 0.15) is 5.78 Å². The number of rotatable bonds is 3. The van der Waals surface area contributed by atoms with Gasteiger partial charge in [0.05, 0.1) is 11.6 Å². The third-order valence-electron chi connectivity index (χ3n) is 6.48.